The van der Waals surface area contributed by atoms with Gasteiger partial charge >= 0.3 is 0 Å². The molecule has 5 nitrogen and oxygen atoms in total. The number of nitrogens with two attached hydrogens (primary N) is 1. The first-order chi connectivity index (χ1) is 7.24. The molecule has 3 N–H and O–H groups in total. The topological polar surface area (TPSA) is 81.5 Å². The molecule has 2 aromatic rings. The summed E-state index contributed by atoms with van der Waals surface area (Å²) in [5, 5.41) is 13.1. The van der Waals surface area contributed by atoms with Crippen molar-refractivity contribution in [2.45, 2.75) is 0 Å². The number of ether oxygens (including phenoxy) is 1. The lowest BCUT2D eigenvalue weighted by Crippen LogP contribution is -1.90. The summed E-state index contributed by atoms with van der Waals surface area (Å²) >= 11 is 0. The van der Waals surface area contributed by atoms with Gasteiger partial charge in [0, 0.05) is 5.56 Å². The van der Waals surface area contributed by atoms with Gasteiger partial charge in [-0.1, -0.05) is 17.3 Å². The van der Waals surface area contributed by atoms with Crippen molar-refractivity contribution in [1.29, 1.82) is 0 Å². The van der Waals surface area contributed by atoms with Gasteiger partial charge in [-0.3, -0.25) is 0 Å². The molecule has 78 valence electrons. The van der Waals surface area contributed by atoms with Crippen LogP contribution in [0.2, 0.25) is 0 Å². The summed E-state index contributed by atoms with van der Waals surface area (Å²) in [7, 11) is 1.47. The van der Waals surface area contributed by atoms with E-state index in [9.17, 15) is 5.11 Å². The van der Waals surface area contributed by atoms with E-state index in [0.29, 0.717) is 16.9 Å². The fourth-order valence-corrected chi connectivity index (χ4v) is 1.40. The first-order valence-electron chi connectivity index (χ1n) is 4.30. The lowest BCUT2D eigenvalue weighted by atomic mass is 10.1. The molecular weight excluding hydrogens is 196 g/mol. The van der Waals surface area contributed by atoms with Gasteiger partial charge in [-0.05, 0) is 6.07 Å². The van der Waals surface area contributed by atoms with Crippen molar-refractivity contribution < 1.29 is 14.4 Å². The lowest BCUT2D eigenvalue weighted by Gasteiger charge is -2.08. The average Bonchev–Trinajstić information content (AvgIpc) is 2.64. The van der Waals surface area contributed by atoms with Crippen LogP contribution in [-0.2, 0) is 0 Å². The van der Waals surface area contributed by atoms with E-state index in [-0.39, 0.29) is 11.6 Å². The van der Waals surface area contributed by atoms with Crippen molar-refractivity contribution in [1.82, 2.24) is 5.16 Å². The second kappa shape index (κ2) is 3.53. The molecule has 1 aromatic carbocycles. The largest absolute Gasteiger partial charge is 0.504 e. The van der Waals surface area contributed by atoms with Crippen LogP contribution in [0.4, 0.5) is 5.88 Å². The average molecular weight is 206 g/mol. The first kappa shape index (κ1) is 9.39. The minimum atomic E-state index is 0.0515. The number of benzene rings is 1. The van der Waals surface area contributed by atoms with Crippen LogP contribution in [0, 0.1) is 0 Å². The number of hydrogen-bond donors (Lipinski definition) is 2. The van der Waals surface area contributed by atoms with Gasteiger partial charge in [0.25, 0.3) is 0 Å². The number of phenolic OH excluding ortho intramolecular Hbond substituents is 1. The highest BCUT2D eigenvalue weighted by atomic mass is 16.5. The summed E-state index contributed by atoms with van der Waals surface area (Å²) in [5.41, 5.74) is 6.83. The molecule has 0 saturated heterocycles. The van der Waals surface area contributed by atoms with Crippen molar-refractivity contribution in [3.8, 4) is 22.6 Å². The van der Waals surface area contributed by atoms with Gasteiger partial charge in [-0.2, -0.15) is 0 Å². The summed E-state index contributed by atoms with van der Waals surface area (Å²) in [5.74, 6) is 0.599. The third-order valence-electron chi connectivity index (χ3n) is 2.09. The van der Waals surface area contributed by atoms with Gasteiger partial charge < -0.3 is 20.1 Å². The van der Waals surface area contributed by atoms with Crippen LogP contribution in [0.15, 0.2) is 28.9 Å². The highest BCUT2D eigenvalue weighted by molar-refractivity contribution is 5.79. The number of rotatable bonds is 2. The molecule has 0 bridgehead atoms. The normalized spacial score (nSPS) is 10.2. The maximum Gasteiger partial charge on any atom is 0.230 e. The van der Waals surface area contributed by atoms with Crippen LogP contribution < -0.4 is 10.5 Å². The molecular formula is C10H10N2O3. The number of aromatic hydroxyl groups is 1. The second-order valence-electron chi connectivity index (χ2n) is 2.96. The van der Waals surface area contributed by atoms with Crippen LogP contribution in [0.1, 0.15) is 0 Å². The molecule has 0 saturated carbocycles. The number of hydrogen-bond acceptors (Lipinski definition) is 5. The predicted octanol–water partition coefficient (Wildman–Crippen LogP) is 1.64. The van der Waals surface area contributed by atoms with Gasteiger partial charge in [0.1, 0.15) is 0 Å². The van der Waals surface area contributed by atoms with E-state index in [4.69, 9.17) is 15.0 Å². The predicted molar refractivity (Wildman–Crippen MR) is 54.6 cm³/mol. The molecule has 0 amide bonds. The van der Waals surface area contributed by atoms with E-state index in [1.54, 1.807) is 12.1 Å². The Morgan fingerprint density at radius 2 is 2.20 bits per heavy atom. The quantitative estimate of drug-likeness (QED) is 0.780. The third-order valence-corrected chi connectivity index (χ3v) is 2.09. The zero-order valence-corrected chi connectivity index (χ0v) is 8.10. The Bertz CT molecular complexity index is 479. The SMILES string of the molecule is COc1c(O)cccc1-c1cnoc1N. The highest BCUT2D eigenvalue weighted by Crippen LogP contribution is 2.39. The fraction of sp³-hybridized carbons (Fsp3) is 0.100. The van der Waals surface area contributed by atoms with Gasteiger partial charge in [-0.25, -0.2) is 0 Å². The smallest absolute Gasteiger partial charge is 0.230 e. The van der Waals surface area contributed by atoms with Crippen LogP contribution >= 0.6 is 0 Å². The standard InChI is InChI=1S/C10H10N2O3/c1-14-9-6(3-2-4-8(9)13)7-5-12-15-10(7)11/h2-5,13H,11H2,1H3. The van der Waals surface area contributed by atoms with Crippen LogP contribution in [-0.4, -0.2) is 17.4 Å². The van der Waals surface area contributed by atoms with E-state index >= 15 is 0 Å². The summed E-state index contributed by atoms with van der Waals surface area (Å²) in [6, 6.07) is 4.99. The Labute approximate surface area is 86.1 Å². The highest BCUT2D eigenvalue weighted by Gasteiger charge is 2.14. The van der Waals surface area contributed by atoms with Crippen molar-refractivity contribution in [2.75, 3.05) is 12.8 Å². The van der Waals surface area contributed by atoms with Crippen LogP contribution in [0.5, 0.6) is 11.5 Å². The lowest BCUT2D eigenvalue weighted by molar-refractivity contribution is 0.375. The Morgan fingerprint density at radius 1 is 1.40 bits per heavy atom. The minimum absolute atomic E-state index is 0.0515. The summed E-state index contributed by atoms with van der Waals surface area (Å²) < 4.78 is 9.83. The molecule has 0 spiro atoms. The van der Waals surface area contributed by atoms with Gasteiger partial charge in [0.2, 0.25) is 5.88 Å². The Kier molecular flexibility index (Phi) is 2.21. The number of nitrogen functional groups attached to an aromatic ring is 1. The van der Waals surface area contributed by atoms with Gasteiger partial charge in [-0.15, -0.1) is 0 Å². The van der Waals surface area contributed by atoms with Crippen molar-refractivity contribution >= 4 is 5.88 Å². The van der Waals surface area contributed by atoms with Crippen LogP contribution in [0.3, 0.4) is 0 Å². The fourth-order valence-electron chi connectivity index (χ4n) is 1.40. The monoisotopic (exact) mass is 206 g/mol. The molecule has 0 atom stereocenters. The second-order valence-corrected chi connectivity index (χ2v) is 2.96. The van der Waals surface area contributed by atoms with E-state index in [1.807, 2.05) is 0 Å². The maximum absolute atomic E-state index is 9.56. The number of nitrogens with zero attached hydrogens (tertiary/aromatic N) is 1. The Morgan fingerprint density at radius 3 is 2.80 bits per heavy atom. The number of methoxy groups -OCH3 is 1. The van der Waals surface area contributed by atoms with E-state index in [0.717, 1.165) is 0 Å². The molecule has 0 aliphatic heterocycles. The number of anilines is 1. The molecule has 0 fully saturated rings. The number of aromatic nitrogens is 1. The number of para-hydroxylation sites is 1. The van der Waals surface area contributed by atoms with Crippen molar-refractivity contribution in [3.63, 3.8) is 0 Å². The summed E-state index contributed by atoms with van der Waals surface area (Å²) in [4.78, 5) is 0. The zero-order chi connectivity index (χ0) is 10.8. The van der Waals surface area contributed by atoms with Gasteiger partial charge in [0.05, 0.1) is 18.9 Å². The minimum Gasteiger partial charge on any atom is -0.504 e. The zero-order valence-electron chi connectivity index (χ0n) is 8.10. The molecule has 1 aromatic heterocycles. The molecule has 0 radical (unpaired) electrons. The molecule has 0 aliphatic carbocycles. The molecule has 0 unspecified atom stereocenters. The maximum atomic E-state index is 9.56. The molecule has 15 heavy (non-hydrogen) atoms. The molecule has 5 heteroatoms. The van der Waals surface area contributed by atoms with E-state index < -0.39 is 0 Å². The Balaban J connectivity index is 2.63. The van der Waals surface area contributed by atoms with Crippen molar-refractivity contribution in [3.05, 3.63) is 24.4 Å². The van der Waals surface area contributed by atoms with Gasteiger partial charge in [0.15, 0.2) is 11.5 Å². The molecule has 0 aliphatic rings. The molecule has 1 heterocycles. The number of phenols is 1. The summed E-state index contributed by atoms with van der Waals surface area (Å²) in [6.45, 7) is 0. The third kappa shape index (κ3) is 1.48. The summed E-state index contributed by atoms with van der Waals surface area (Å²) in [6.07, 6.45) is 1.48. The Hall–Kier alpha value is -2.17. The van der Waals surface area contributed by atoms with Crippen LogP contribution in [0.25, 0.3) is 11.1 Å². The first-order valence-corrected chi connectivity index (χ1v) is 4.30. The molecule has 2 rings (SSSR count). The van der Waals surface area contributed by atoms with Crippen molar-refractivity contribution in [2.24, 2.45) is 0 Å². The van der Waals surface area contributed by atoms with E-state index in [2.05, 4.69) is 5.16 Å². The van der Waals surface area contributed by atoms with E-state index in [1.165, 1.54) is 19.4 Å².